The number of nitrogens with one attached hydrogen (secondary N) is 1. The summed E-state index contributed by atoms with van der Waals surface area (Å²) >= 11 is 16.1. The van der Waals surface area contributed by atoms with Gasteiger partial charge in [0.25, 0.3) is 5.91 Å². The average Bonchev–Trinajstić information content (AvgIpc) is 2.36. The Bertz CT molecular complexity index is 668. The molecule has 3 nitrogen and oxygen atoms in total. The lowest BCUT2D eigenvalue weighted by molar-refractivity contribution is 0.102. The van der Waals surface area contributed by atoms with Gasteiger partial charge in [-0.2, -0.15) is 0 Å². The van der Waals surface area contributed by atoms with Gasteiger partial charge in [0.05, 0.1) is 16.4 Å². The molecule has 2 aromatic rings. The largest absolute Gasteiger partial charge is 0.398 e. The molecule has 0 heterocycles. The van der Waals surface area contributed by atoms with Crippen LogP contribution in [0, 0.1) is 0 Å². The number of hydrogen-bond donors (Lipinski definition) is 2. The second-order valence-corrected chi connectivity index (χ2v) is 6.97. The van der Waals surface area contributed by atoms with E-state index in [0.29, 0.717) is 22.0 Å². The summed E-state index contributed by atoms with van der Waals surface area (Å²) in [4.78, 5) is 12.2. The van der Waals surface area contributed by atoms with Crippen molar-refractivity contribution in [1.82, 2.24) is 0 Å². The van der Waals surface area contributed by atoms with E-state index in [1.807, 2.05) is 12.1 Å². The van der Waals surface area contributed by atoms with Gasteiger partial charge >= 0.3 is 0 Å². The molecule has 0 fully saturated rings. The van der Waals surface area contributed by atoms with E-state index in [-0.39, 0.29) is 5.91 Å². The molecule has 2 aromatic carbocycles. The maximum absolute atomic E-state index is 12.2. The second-order valence-electron chi connectivity index (χ2n) is 3.93. The number of hydrogen-bond acceptors (Lipinski definition) is 2. The maximum Gasteiger partial charge on any atom is 0.255 e. The number of nitrogens with two attached hydrogens (primary N) is 1. The Morgan fingerprint density at radius 3 is 2.25 bits per heavy atom. The van der Waals surface area contributed by atoms with Gasteiger partial charge in [-0.3, -0.25) is 4.79 Å². The van der Waals surface area contributed by atoms with E-state index in [1.165, 1.54) is 6.07 Å². The summed E-state index contributed by atoms with van der Waals surface area (Å²) in [6.45, 7) is 0. The molecule has 104 valence electrons. The van der Waals surface area contributed by atoms with Crippen LogP contribution in [0.25, 0.3) is 0 Å². The first kappa shape index (κ1) is 15.8. The Morgan fingerprint density at radius 1 is 1.10 bits per heavy atom. The molecule has 0 saturated heterocycles. The zero-order chi connectivity index (χ0) is 14.9. The molecule has 0 spiro atoms. The van der Waals surface area contributed by atoms with E-state index in [9.17, 15) is 4.79 Å². The van der Waals surface area contributed by atoms with Crippen molar-refractivity contribution in [2.24, 2.45) is 0 Å². The molecule has 20 heavy (non-hydrogen) atoms. The Kier molecular flexibility index (Phi) is 5.12. The van der Waals surface area contributed by atoms with Crippen LogP contribution in [0.4, 0.5) is 11.4 Å². The number of rotatable bonds is 2. The molecule has 0 aromatic heterocycles. The second kappa shape index (κ2) is 6.47. The molecule has 0 aliphatic carbocycles. The Hall–Kier alpha value is -0.560. The van der Waals surface area contributed by atoms with E-state index >= 15 is 0 Å². The number of amides is 1. The van der Waals surface area contributed by atoms with Gasteiger partial charge in [-0.25, -0.2) is 0 Å². The molecule has 0 bridgehead atoms. The van der Waals surface area contributed by atoms with E-state index in [2.05, 4.69) is 53.1 Å². The highest BCUT2D eigenvalue weighted by Gasteiger charge is 2.13. The van der Waals surface area contributed by atoms with Gasteiger partial charge in [0.15, 0.2) is 0 Å². The molecule has 0 atom stereocenters. The van der Waals surface area contributed by atoms with Crippen LogP contribution in [-0.2, 0) is 0 Å². The number of nitrogen functional groups attached to an aromatic ring is 1. The number of anilines is 2. The van der Waals surface area contributed by atoms with Gasteiger partial charge in [0, 0.05) is 19.0 Å². The van der Waals surface area contributed by atoms with Crippen molar-refractivity contribution in [2.45, 2.75) is 0 Å². The third-order valence-corrected chi connectivity index (χ3v) is 4.54. The van der Waals surface area contributed by atoms with Crippen molar-refractivity contribution in [2.75, 3.05) is 11.1 Å². The SMILES string of the molecule is Nc1ccc(C(=O)Nc2c(Br)cc(Br)cc2Br)cc1Cl. The molecule has 0 aliphatic heterocycles. The minimum atomic E-state index is -0.268. The smallest absolute Gasteiger partial charge is 0.255 e. The van der Waals surface area contributed by atoms with Gasteiger partial charge in [0.2, 0.25) is 0 Å². The number of halogens is 4. The fourth-order valence-electron chi connectivity index (χ4n) is 1.52. The molecule has 0 saturated carbocycles. The highest BCUT2D eigenvalue weighted by molar-refractivity contribution is 9.11. The molecule has 2 rings (SSSR count). The van der Waals surface area contributed by atoms with Crippen molar-refractivity contribution < 1.29 is 4.79 Å². The average molecular weight is 483 g/mol. The van der Waals surface area contributed by atoms with Crippen LogP contribution in [0.1, 0.15) is 10.4 Å². The number of carbonyl (C=O) groups is 1. The van der Waals surface area contributed by atoms with Gasteiger partial charge in [-0.15, -0.1) is 0 Å². The predicted octanol–water partition coefficient (Wildman–Crippen LogP) is 5.46. The summed E-state index contributed by atoms with van der Waals surface area (Å²) < 4.78 is 2.41. The molecule has 0 unspecified atom stereocenters. The molecular formula is C13H8Br3ClN2O. The first-order chi connectivity index (χ1) is 9.38. The van der Waals surface area contributed by atoms with Crippen LogP contribution in [0.3, 0.4) is 0 Å². The summed E-state index contributed by atoms with van der Waals surface area (Å²) in [6.07, 6.45) is 0. The molecule has 1 amide bonds. The molecule has 0 radical (unpaired) electrons. The van der Waals surface area contributed by atoms with E-state index < -0.39 is 0 Å². The zero-order valence-corrected chi connectivity index (χ0v) is 15.4. The van der Waals surface area contributed by atoms with Crippen LogP contribution in [0.15, 0.2) is 43.7 Å². The molecule has 3 N–H and O–H groups in total. The van der Waals surface area contributed by atoms with E-state index in [1.54, 1.807) is 12.1 Å². The topological polar surface area (TPSA) is 55.1 Å². The molecule has 7 heteroatoms. The van der Waals surface area contributed by atoms with Crippen molar-refractivity contribution in [3.8, 4) is 0 Å². The fourth-order valence-corrected chi connectivity index (χ4v) is 4.15. The zero-order valence-electron chi connectivity index (χ0n) is 9.88. The van der Waals surface area contributed by atoms with Crippen molar-refractivity contribution in [3.05, 3.63) is 54.3 Å². The first-order valence-electron chi connectivity index (χ1n) is 5.39. The quantitative estimate of drug-likeness (QED) is 0.558. The van der Waals surface area contributed by atoms with Gasteiger partial charge in [-0.05, 0) is 62.2 Å². The van der Waals surface area contributed by atoms with Gasteiger partial charge < -0.3 is 11.1 Å². The van der Waals surface area contributed by atoms with Crippen molar-refractivity contribution >= 4 is 76.7 Å². The number of benzene rings is 2. The minimum absolute atomic E-state index is 0.268. The monoisotopic (exact) mass is 480 g/mol. The summed E-state index contributed by atoms with van der Waals surface area (Å²) in [5.41, 5.74) is 7.14. The summed E-state index contributed by atoms with van der Waals surface area (Å²) in [5, 5.41) is 3.17. The van der Waals surface area contributed by atoms with Gasteiger partial charge in [0.1, 0.15) is 0 Å². The molecular weight excluding hydrogens is 475 g/mol. The van der Waals surface area contributed by atoms with Crippen LogP contribution in [-0.4, -0.2) is 5.91 Å². The van der Waals surface area contributed by atoms with E-state index in [4.69, 9.17) is 17.3 Å². The van der Waals surface area contributed by atoms with Crippen molar-refractivity contribution in [3.63, 3.8) is 0 Å². The van der Waals surface area contributed by atoms with Crippen LogP contribution in [0.2, 0.25) is 5.02 Å². The predicted molar refractivity (Wildman–Crippen MR) is 93.4 cm³/mol. The normalized spacial score (nSPS) is 10.4. The van der Waals surface area contributed by atoms with Crippen molar-refractivity contribution in [1.29, 1.82) is 0 Å². The van der Waals surface area contributed by atoms with Crippen LogP contribution < -0.4 is 11.1 Å². The van der Waals surface area contributed by atoms with Gasteiger partial charge in [-0.1, -0.05) is 27.5 Å². The lowest BCUT2D eigenvalue weighted by atomic mass is 10.2. The third-order valence-electron chi connectivity index (χ3n) is 2.51. The fraction of sp³-hybridized carbons (Fsp3) is 0. The lowest BCUT2D eigenvalue weighted by Gasteiger charge is -2.11. The molecule has 0 aliphatic rings. The lowest BCUT2D eigenvalue weighted by Crippen LogP contribution is -2.13. The Labute approximate surface area is 146 Å². The minimum Gasteiger partial charge on any atom is -0.398 e. The van der Waals surface area contributed by atoms with Crippen LogP contribution >= 0.6 is 59.4 Å². The summed E-state index contributed by atoms with van der Waals surface area (Å²) in [5.74, 6) is -0.268. The maximum atomic E-state index is 12.2. The summed E-state index contributed by atoms with van der Waals surface area (Å²) in [6, 6.07) is 8.44. The summed E-state index contributed by atoms with van der Waals surface area (Å²) in [7, 11) is 0. The standard InChI is InChI=1S/C13H8Br3ClN2O/c14-7-4-8(15)12(9(16)5-7)19-13(20)6-1-2-11(18)10(17)3-6/h1-5H,18H2,(H,19,20). The van der Waals surface area contributed by atoms with Crippen LogP contribution in [0.5, 0.6) is 0 Å². The van der Waals surface area contributed by atoms with E-state index in [0.717, 1.165) is 13.4 Å². The first-order valence-corrected chi connectivity index (χ1v) is 8.15. The number of carbonyl (C=O) groups excluding carboxylic acids is 1. The third kappa shape index (κ3) is 3.55. The Morgan fingerprint density at radius 2 is 1.70 bits per heavy atom. The Balaban J connectivity index is 2.30. The highest BCUT2D eigenvalue weighted by atomic mass is 79.9. The highest BCUT2D eigenvalue weighted by Crippen LogP contribution is 2.34.